The van der Waals surface area contributed by atoms with Gasteiger partial charge in [-0.05, 0) is 30.8 Å². The zero-order valence-corrected chi connectivity index (χ0v) is 4.98. The van der Waals surface area contributed by atoms with Crippen LogP contribution in [0.15, 0.2) is 23.8 Å². The van der Waals surface area contributed by atoms with E-state index in [1.165, 1.54) is 24.8 Å². The second-order valence-electron chi connectivity index (χ2n) is 2.74. The summed E-state index contributed by atoms with van der Waals surface area (Å²) in [6.45, 7) is 3.93. The maximum Gasteiger partial charge on any atom is -0.0119 e. The van der Waals surface area contributed by atoms with Gasteiger partial charge in [-0.3, -0.25) is 0 Å². The van der Waals surface area contributed by atoms with E-state index in [1.54, 1.807) is 5.57 Å². The molecular formula is C8H10. The molecule has 0 bridgehead atoms. The van der Waals surface area contributed by atoms with Gasteiger partial charge in [-0.15, -0.1) is 0 Å². The molecule has 0 radical (unpaired) electrons. The Morgan fingerprint density at radius 1 is 1.62 bits per heavy atom. The minimum atomic E-state index is 0.933. The fourth-order valence-corrected chi connectivity index (χ4v) is 1.69. The summed E-state index contributed by atoms with van der Waals surface area (Å²) in [5, 5.41) is 0. The average Bonchev–Trinajstić information content (AvgIpc) is 2.09. The van der Waals surface area contributed by atoms with Gasteiger partial charge in [0.2, 0.25) is 0 Å². The highest BCUT2D eigenvalue weighted by Gasteiger charge is 2.30. The molecule has 0 amide bonds. The third-order valence-electron chi connectivity index (χ3n) is 2.22. The summed E-state index contributed by atoms with van der Waals surface area (Å²) in [4.78, 5) is 0. The molecule has 0 aliphatic heterocycles. The van der Waals surface area contributed by atoms with E-state index < -0.39 is 0 Å². The summed E-state index contributed by atoms with van der Waals surface area (Å²) >= 11 is 0. The Hall–Kier alpha value is -0.520. The molecule has 42 valence electrons. The van der Waals surface area contributed by atoms with Gasteiger partial charge in [0.25, 0.3) is 0 Å². The van der Waals surface area contributed by atoms with Crippen molar-refractivity contribution >= 4 is 0 Å². The van der Waals surface area contributed by atoms with Gasteiger partial charge in [0.05, 0.1) is 0 Å². The molecule has 0 nitrogen and oxygen atoms in total. The van der Waals surface area contributed by atoms with Gasteiger partial charge in [-0.25, -0.2) is 0 Å². The minimum Gasteiger partial charge on any atom is -0.0955 e. The standard InChI is InChI=1S/C8H10/c1-6-5-7-3-2-4-8(6)7/h4,7H,1-3,5H2. The molecule has 0 spiro atoms. The molecule has 0 aromatic carbocycles. The van der Waals surface area contributed by atoms with Crippen molar-refractivity contribution in [1.29, 1.82) is 0 Å². The fraction of sp³-hybridized carbons (Fsp3) is 0.500. The quantitative estimate of drug-likeness (QED) is 0.444. The molecular weight excluding hydrogens is 96.1 g/mol. The van der Waals surface area contributed by atoms with Gasteiger partial charge in [0, 0.05) is 0 Å². The number of fused-ring (bicyclic) bond motifs is 1. The van der Waals surface area contributed by atoms with E-state index in [-0.39, 0.29) is 0 Å². The van der Waals surface area contributed by atoms with E-state index in [4.69, 9.17) is 0 Å². The largest absolute Gasteiger partial charge is 0.0955 e. The smallest absolute Gasteiger partial charge is 0.0119 e. The van der Waals surface area contributed by atoms with E-state index in [0.29, 0.717) is 0 Å². The van der Waals surface area contributed by atoms with E-state index >= 15 is 0 Å². The predicted octanol–water partition coefficient (Wildman–Crippen LogP) is 2.28. The van der Waals surface area contributed by atoms with Crippen LogP contribution >= 0.6 is 0 Å². The van der Waals surface area contributed by atoms with Gasteiger partial charge >= 0.3 is 0 Å². The van der Waals surface area contributed by atoms with Crippen molar-refractivity contribution in [3.63, 3.8) is 0 Å². The van der Waals surface area contributed by atoms with Gasteiger partial charge in [-0.1, -0.05) is 18.2 Å². The number of allylic oxidation sites excluding steroid dienone is 3. The Labute approximate surface area is 49.9 Å². The zero-order chi connectivity index (χ0) is 5.56. The first-order valence-corrected chi connectivity index (χ1v) is 3.26. The van der Waals surface area contributed by atoms with Crippen molar-refractivity contribution in [3.8, 4) is 0 Å². The predicted molar refractivity (Wildman–Crippen MR) is 34.6 cm³/mol. The summed E-state index contributed by atoms with van der Waals surface area (Å²) in [5.74, 6) is 0.933. The highest BCUT2D eigenvalue weighted by Crippen LogP contribution is 2.45. The van der Waals surface area contributed by atoms with Crippen LogP contribution in [0.1, 0.15) is 19.3 Å². The summed E-state index contributed by atoms with van der Waals surface area (Å²) in [6, 6.07) is 0. The number of hydrogen-bond donors (Lipinski definition) is 0. The molecule has 1 unspecified atom stereocenters. The first-order valence-electron chi connectivity index (χ1n) is 3.26. The first kappa shape index (κ1) is 4.37. The Bertz CT molecular complexity index is 163. The lowest BCUT2D eigenvalue weighted by molar-refractivity contribution is 0.539. The highest BCUT2D eigenvalue weighted by atomic mass is 14.3. The lowest BCUT2D eigenvalue weighted by Crippen LogP contribution is -2.13. The Morgan fingerprint density at radius 3 is 3.00 bits per heavy atom. The van der Waals surface area contributed by atoms with Crippen LogP contribution in [-0.4, -0.2) is 0 Å². The van der Waals surface area contributed by atoms with Gasteiger partial charge < -0.3 is 0 Å². The first-order chi connectivity index (χ1) is 3.88. The molecule has 0 heterocycles. The maximum absolute atomic E-state index is 3.93. The summed E-state index contributed by atoms with van der Waals surface area (Å²) in [5.41, 5.74) is 2.97. The van der Waals surface area contributed by atoms with Crippen LogP contribution in [0.5, 0.6) is 0 Å². The van der Waals surface area contributed by atoms with Crippen LogP contribution in [-0.2, 0) is 0 Å². The summed E-state index contributed by atoms with van der Waals surface area (Å²) in [6.07, 6.45) is 6.33. The monoisotopic (exact) mass is 106 g/mol. The third-order valence-corrected chi connectivity index (χ3v) is 2.22. The second kappa shape index (κ2) is 1.25. The van der Waals surface area contributed by atoms with Crippen molar-refractivity contribution in [3.05, 3.63) is 23.8 Å². The maximum atomic E-state index is 3.93. The van der Waals surface area contributed by atoms with E-state index in [0.717, 1.165) is 5.92 Å². The molecule has 1 saturated carbocycles. The van der Waals surface area contributed by atoms with Gasteiger partial charge in [0.15, 0.2) is 0 Å². The van der Waals surface area contributed by atoms with Crippen LogP contribution < -0.4 is 0 Å². The Kier molecular flexibility index (Phi) is 0.682. The molecule has 0 aromatic rings. The van der Waals surface area contributed by atoms with Gasteiger partial charge in [-0.2, -0.15) is 0 Å². The van der Waals surface area contributed by atoms with E-state index in [2.05, 4.69) is 12.7 Å². The average molecular weight is 106 g/mol. The van der Waals surface area contributed by atoms with Crippen molar-refractivity contribution in [1.82, 2.24) is 0 Å². The third kappa shape index (κ3) is 0.360. The molecule has 0 N–H and O–H groups in total. The molecule has 2 aliphatic carbocycles. The van der Waals surface area contributed by atoms with Crippen LogP contribution in [0.25, 0.3) is 0 Å². The van der Waals surface area contributed by atoms with E-state index in [1.807, 2.05) is 0 Å². The summed E-state index contributed by atoms with van der Waals surface area (Å²) < 4.78 is 0. The molecule has 0 aromatic heterocycles. The van der Waals surface area contributed by atoms with Crippen LogP contribution in [0.3, 0.4) is 0 Å². The normalized spacial score (nSPS) is 33.8. The fourth-order valence-electron chi connectivity index (χ4n) is 1.69. The molecule has 0 heteroatoms. The van der Waals surface area contributed by atoms with Gasteiger partial charge in [0.1, 0.15) is 0 Å². The van der Waals surface area contributed by atoms with Crippen molar-refractivity contribution in [2.24, 2.45) is 5.92 Å². The summed E-state index contributed by atoms with van der Waals surface area (Å²) in [7, 11) is 0. The SMILES string of the molecule is C=C1CC2CCC=C12. The molecule has 8 heavy (non-hydrogen) atoms. The van der Waals surface area contributed by atoms with Crippen LogP contribution in [0, 0.1) is 5.92 Å². The van der Waals surface area contributed by atoms with Crippen LogP contribution in [0.4, 0.5) is 0 Å². The molecule has 2 rings (SSSR count). The second-order valence-corrected chi connectivity index (χ2v) is 2.74. The highest BCUT2D eigenvalue weighted by molar-refractivity contribution is 5.43. The molecule has 2 aliphatic rings. The Balaban J connectivity index is 2.29. The minimum absolute atomic E-state index is 0.933. The number of hydrogen-bond acceptors (Lipinski definition) is 0. The Morgan fingerprint density at radius 2 is 2.50 bits per heavy atom. The lowest BCUT2D eigenvalue weighted by atomic mass is 9.77. The molecule has 1 atom stereocenters. The van der Waals surface area contributed by atoms with Crippen molar-refractivity contribution < 1.29 is 0 Å². The zero-order valence-electron chi connectivity index (χ0n) is 4.98. The van der Waals surface area contributed by atoms with Crippen molar-refractivity contribution in [2.75, 3.05) is 0 Å². The topological polar surface area (TPSA) is 0 Å². The van der Waals surface area contributed by atoms with E-state index in [9.17, 15) is 0 Å². The molecule has 0 saturated heterocycles. The lowest BCUT2D eigenvalue weighted by Gasteiger charge is -2.27. The van der Waals surface area contributed by atoms with Crippen molar-refractivity contribution in [2.45, 2.75) is 19.3 Å². The molecule has 1 fully saturated rings. The number of rotatable bonds is 0. The van der Waals surface area contributed by atoms with Crippen LogP contribution in [0.2, 0.25) is 0 Å².